The summed E-state index contributed by atoms with van der Waals surface area (Å²) in [4.78, 5) is 37.8. The largest absolute Gasteiger partial charge is 0.477 e. The molecule has 0 spiro atoms. The van der Waals surface area contributed by atoms with Crippen molar-refractivity contribution in [1.82, 2.24) is 40.6 Å². The first kappa shape index (κ1) is 37.8. The van der Waals surface area contributed by atoms with E-state index in [4.69, 9.17) is 0 Å². The van der Waals surface area contributed by atoms with Crippen molar-refractivity contribution in [2.24, 2.45) is 0 Å². The molecule has 35 heavy (non-hydrogen) atoms. The van der Waals surface area contributed by atoms with Crippen LogP contribution < -0.4 is 5.32 Å². The van der Waals surface area contributed by atoms with Crippen molar-refractivity contribution in [1.29, 1.82) is 0 Å². The Kier molecular flexibility index (Phi) is 17.4. The Morgan fingerprint density at radius 1 is 1.23 bits per heavy atom. The van der Waals surface area contributed by atoms with E-state index in [0.717, 1.165) is 9.35 Å². The van der Waals surface area contributed by atoms with Gasteiger partial charge in [0.05, 0.1) is 0 Å². The van der Waals surface area contributed by atoms with E-state index in [2.05, 4.69) is 31.0 Å². The van der Waals surface area contributed by atoms with Gasteiger partial charge >= 0.3 is 5.97 Å². The molecule has 1 radical (unpaired) electrons. The molecule has 17 nitrogen and oxygen atoms in total. The molecule has 0 aromatic carbocycles. The average Bonchev–Trinajstić information content (AvgIpc) is 3.35. The van der Waals surface area contributed by atoms with E-state index >= 15 is 0 Å². The third-order valence-electron chi connectivity index (χ3n) is 4.14. The van der Waals surface area contributed by atoms with Gasteiger partial charge in [-0.1, -0.05) is 23.1 Å². The Hall–Kier alpha value is -1.72. The van der Waals surface area contributed by atoms with Crippen LogP contribution in [0.3, 0.4) is 0 Å². The van der Waals surface area contributed by atoms with Crippen LogP contribution in [0.1, 0.15) is 5.01 Å². The number of aromatic nitrogens is 6. The summed E-state index contributed by atoms with van der Waals surface area (Å²) >= 11 is 4.24. The number of fused-ring (bicyclic) bond motifs is 1. The van der Waals surface area contributed by atoms with Crippen molar-refractivity contribution in [3.63, 3.8) is 0 Å². The standard InChI is InChI=1S/C14H14N8O4S3.Na.5H2O/c1-6-17-18-14(29-6)28-4-7-3-27-12-9(11(24)22(12)10(7)13(25)26)16-8(23)2-21-5-15-19-20-21;;;;;;/h5,9,12H,2-4H2,1H3,(H,16,23)(H,25,26);;5*1H2/t9-,12-;;;;;;/m1....../s1. The summed E-state index contributed by atoms with van der Waals surface area (Å²) in [6.45, 7) is 1.72. The van der Waals surface area contributed by atoms with Crippen LogP contribution in [0.5, 0.6) is 0 Å². The van der Waals surface area contributed by atoms with E-state index in [9.17, 15) is 19.5 Å². The maximum atomic E-state index is 12.6. The van der Waals surface area contributed by atoms with Crippen LogP contribution in [0.15, 0.2) is 21.9 Å². The molecule has 2 aromatic heterocycles. The van der Waals surface area contributed by atoms with Gasteiger partial charge in [-0.05, 0) is 22.9 Å². The fourth-order valence-electron chi connectivity index (χ4n) is 2.90. The minimum absolute atomic E-state index is 0. The topological polar surface area (TPSA) is 314 Å². The molecule has 2 aliphatic rings. The Balaban J connectivity index is -0.00000171. The number of hydrogen-bond donors (Lipinski definition) is 2. The molecule has 0 bridgehead atoms. The number of aryl methyl sites for hydroxylation is 1. The van der Waals surface area contributed by atoms with Crippen molar-refractivity contribution in [3.8, 4) is 0 Å². The van der Waals surface area contributed by atoms with E-state index in [-0.39, 0.29) is 69.2 Å². The van der Waals surface area contributed by atoms with E-state index in [0.29, 0.717) is 17.1 Å². The zero-order valence-corrected chi connectivity index (χ0v) is 22.8. The van der Waals surface area contributed by atoms with E-state index in [1.54, 1.807) is 0 Å². The number of thioether (sulfide) groups is 2. The molecule has 12 N–H and O–H groups in total. The van der Waals surface area contributed by atoms with Gasteiger partial charge in [-0.3, -0.25) is 14.5 Å². The van der Waals surface area contributed by atoms with Crippen LogP contribution in [0, 0.1) is 6.92 Å². The van der Waals surface area contributed by atoms with Crippen LogP contribution in [0.4, 0.5) is 0 Å². The second-order valence-electron chi connectivity index (χ2n) is 6.10. The molecule has 1 fully saturated rings. The molecule has 2 atom stereocenters. The van der Waals surface area contributed by atoms with E-state index in [1.807, 2.05) is 6.92 Å². The molecule has 4 heterocycles. The predicted molar refractivity (Wildman–Crippen MR) is 127 cm³/mol. The molecule has 4 rings (SSSR count). The molecule has 2 aromatic rings. The quantitative estimate of drug-likeness (QED) is 0.181. The maximum Gasteiger partial charge on any atom is 0.352 e. The Labute approximate surface area is 231 Å². The number of nitrogens with one attached hydrogen (secondary N) is 1. The van der Waals surface area contributed by atoms with Gasteiger partial charge in [-0.15, -0.1) is 27.1 Å². The zero-order valence-electron chi connectivity index (χ0n) is 18.4. The molecule has 0 saturated carbocycles. The summed E-state index contributed by atoms with van der Waals surface area (Å²) in [7, 11) is 0. The fraction of sp³-hybridized carbons (Fsp3) is 0.429. The Bertz CT molecular complexity index is 1010. The fourth-order valence-corrected chi connectivity index (χ4v) is 6.20. The van der Waals surface area contributed by atoms with Gasteiger partial charge in [0, 0.05) is 41.1 Å². The van der Waals surface area contributed by atoms with Crippen LogP contribution in [0.25, 0.3) is 0 Å². The molecule has 1 saturated heterocycles. The van der Waals surface area contributed by atoms with Gasteiger partial charge in [-0.2, -0.15) is 0 Å². The minimum Gasteiger partial charge on any atom is -0.477 e. The number of carbonyl (C=O) groups is 3. The molecular formula is C14H24N8NaO9S3. The van der Waals surface area contributed by atoms with Crippen LogP contribution in [0.2, 0.25) is 0 Å². The van der Waals surface area contributed by atoms with Crippen LogP contribution in [-0.2, 0) is 20.9 Å². The number of aliphatic carboxylic acids is 1. The first-order valence-electron chi connectivity index (χ1n) is 8.27. The number of carboxylic acid groups (broad SMARTS) is 1. The smallest absolute Gasteiger partial charge is 0.352 e. The third kappa shape index (κ3) is 8.15. The Morgan fingerprint density at radius 3 is 2.46 bits per heavy atom. The van der Waals surface area contributed by atoms with E-state index in [1.165, 1.54) is 50.8 Å². The van der Waals surface area contributed by atoms with Gasteiger partial charge < -0.3 is 37.8 Å². The molecule has 21 heteroatoms. The molecular weight excluding hydrogens is 543 g/mol. The number of carbonyl (C=O) groups excluding carboxylic acids is 2. The summed E-state index contributed by atoms with van der Waals surface area (Å²) in [5.41, 5.74) is 0.627. The zero-order chi connectivity index (χ0) is 20.5. The SMILES string of the molecule is Cc1nnc(SCC2=C(C(=O)O)N3C(=O)[C@@H](NC(=O)Cn4cnnn4)[C@H]3SC2)s1.O.O.O.O.O.[Na]. The van der Waals surface area contributed by atoms with Gasteiger partial charge in [-0.25, -0.2) is 9.48 Å². The molecule has 193 valence electrons. The van der Waals surface area contributed by atoms with Crippen molar-refractivity contribution < 1.29 is 46.9 Å². The van der Waals surface area contributed by atoms with Crippen LogP contribution >= 0.6 is 34.9 Å². The Morgan fingerprint density at radius 2 is 1.91 bits per heavy atom. The minimum atomic E-state index is -1.16. The number of carboxylic acids is 1. The summed E-state index contributed by atoms with van der Waals surface area (Å²) in [6, 6.07) is -0.779. The number of hydrogen-bond acceptors (Lipinski definition) is 11. The first-order chi connectivity index (χ1) is 13.9. The van der Waals surface area contributed by atoms with Crippen LogP contribution in [-0.4, -0.2) is 138 Å². The number of tetrazole rings is 1. The van der Waals surface area contributed by atoms with Crippen molar-refractivity contribution in [3.05, 3.63) is 22.6 Å². The summed E-state index contributed by atoms with van der Waals surface area (Å²) in [6.07, 6.45) is 1.29. The van der Waals surface area contributed by atoms with Crippen molar-refractivity contribution >= 4 is 82.2 Å². The number of nitrogens with zero attached hydrogens (tertiary/aromatic N) is 7. The molecule has 0 aliphatic carbocycles. The summed E-state index contributed by atoms with van der Waals surface area (Å²) in [5, 5.41) is 31.1. The number of amides is 2. The molecule has 2 aliphatic heterocycles. The molecule has 0 unspecified atom stereocenters. The number of β-lactam (4-membered cyclic amide) rings is 1. The number of rotatable bonds is 7. The average molecular weight is 568 g/mol. The van der Waals surface area contributed by atoms with Gasteiger partial charge in [0.2, 0.25) is 5.91 Å². The third-order valence-corrected chi connectivity index (χ3v) is 7.54. The van der Waals surface area contributed by atoms with Crippen molar-refractivity contribution in [2.75, 3.05) is 11.5 Å². The second-order valence-corrected chi connectivity index (χ2v) is 9.60. The summed E-state index contributed by atoms with van der Waals surface area (Å²) in [5.74, 6) is -1.19. The monoisotopic (exact) mass is 567 g/mol. The maximum absolute atomic E-state index is 12.6. The van der Waals surface area contributed by atoms with Gasteiger partial charge in [0.25, 0.3) is 5.91 Å². The predicted octanol–water partition coefficient (Wildman–Crippen LogP) is -5.14. The first-order valence-corrected chi connectivity index (χ1v) is 11.1. The second kappa shape index (κ2) is 16.1. The molecule has 2 amide bonds. The van der Waals surface area contributed by atoms with Crippen molar-refractivity contribution in [2.45, 2.75) is 29.2 Å². The normalized spacial score (nSPS) is 17.4. The van der Waals surface area contributed by atoms with Gasteiger partial charge in [0.15, 0.2) is 4.34 Å². The summed E-state index contributed by atoms with van der Waals surface area (Å²) < 4.78 is 1.98. The van der Waals surface area contributed by atoms with E-state index < -0.39 is 29.2 Å². The van der Waals surface area contributed by atoms with Gasteiger partial charge in [0.1, 0.15) is 35.0 Å².